The van der Waals surface area contributed by atoms with Crippen LogP contribution in [0.1, 0.15) is 12.0 Å². The first kappa shape index (κ1) is 15.7. The first-order valence-corrected chi connectivity index (χ1v) is 6.82. The molecule has 0 spiro atoms. The van der Waals surface area contributed by atoms with Crippen LogP contribution in [-0.4, -0.2) is 44.3 Å². The van der Waals surface area contributed by atoms with E-state index in [1.54, 1.807) is 7.11 Å². The van der Waals surface area contributed by atoms with Crippen LogP contribution in [0.25, 0.3) is 0 Å². The number of benzene rings is 1. The maximum atomic E-state index is 5.23. The Morgan fingerprint density at radius 2 is 2.11 bits per heavy atom. The van der Waals surface area contributed by atoms with Gasteiger partial charge in [0.2, 0.25) is 0 Å². The highest BCUT2D eigenvalue weighted by Gasteiger charge is 1.98. The number of nitrogens with zero attached hydrogens (tertiary/aromatic N) is 1. The van der Waals surface area contributed by atoms with Gasteiger partial charge in [0.15, 0.2) is 5.11 Å². The molecular formula is C14H23N3OS. The molecule has 0 aliphatic carbocycles. The molecule has 0 aliphatic rings. The van der Waals surface area contributed by atoms with Crippen molar-refractivity contribution in [3.63, 3.8) is 0 Å². The van der Waals surface area contributed by atoms with E-state index >= 15 is 0 Å². The summed E-state index contributed by atoms with van der Waals surface area (Å²) in [7, 11) is 5.81. The van der Waals surface area contributed by atoms with Gasteiger partial charge in [0.05, 0.1) is 7.11 Å². The zero-order valence-electron chi connectivity index (χ0n) is 11.9. The topological polar surface area (TPSA) is 36.5 Å². The van der Waals surface area contributed by atoms with Crippen molar-refractivity contribution in [2.75, 3.05) is 34.3 Å². The van der Waals surface area contributed by atoms with Crippen molar-refractivity contribution in [3.8, 4) is 5.75 Å². The quantitative estimate of drug-likeness (QED) is 0.587. The van der Waals surface area contributed by atoms with Crippen LogP contribution in [0.2, 0.25) is 0 Å². The van der Waals surface area contributed by atoms with Gasteiger partial charge in [-0.2, -0.15) is 0 Å². The van der Waals surface area contributed by atoms with E-state index in [4.69, 9.17) is 17.0 Å². The number of ether oxygens (including phenoxy) is 1. The van der Waals surface area contributed by atoms with Gasteiger partial charge in [-0.1, -0.05) is 12.1 Å². The molecule has 0 amide bonds. The maximum Gasteiger partial charge on any atom is 0.166 e. The Labute approximate surface area is 121 Å². The predicted molar refractivity (Wildman–Crippen MR) is 83.6 cm³/mol. The van der Waals surface area contributed by atoms with Crippen LogP contribution in [0.5, 0.6) is 5.75 Å². The molecule has 1 aromatic rings. The van der Waals surface area contributed by atoms with Crippen molar-refractivity contribution in [1.29, 1.82) is 0 Å². The molecule has 0 radical (unpaired) electrons. The van der Waals surface area contributed by atoms with Gasteiger partial charge in [0.25, 0.3) is 0 Å². The van der Waals surface area contributed by atoms with Gasteiger partial charge in [-0.3, -0.25) is 0 Å². The van der Waals surface area contributed by atoms with Crippen LogP contribution < -0.4 is 15.4 Å². The van der Waals surface area contributed by atoms with E-state index in [0.717, 1.165) is 30.8 Å². The molecule has 0 fully saturated rings. The summed E-state index contributed by atoms with van der Waals surface area (Å²) in [5, 5.41) is 7.08. The minimum Gasteiger partial charge on any atom is -0.497 e. The standard InChI is InChI=1S/C14H23N3OS/c1-17(2)9-5-8-15-14(19)16-11-12-6-4-7-13(10-12)18-3/h4,6-7,10H,5,8-9,11H2,1-3H3,(H2,15,16,19). The van der Waals surface area contributed by atoms with Crippen molar-refractivity contribution in [2.45, 2.75) is 13.0 Å². The second-order valence-electron chi connectivity index (χ2n) is 4.62. The lowest BCUT2D eigenvalue weighted by Gasteiger charge is -2.13. The average molecular weight is 281 g/mol. The highest BCUT2D eigenvalue weighted by atomic mass is 32.1. The monoisotopic (exact) mass is 281 g/mol. The maximum absolute atomic E-state index is 5.23. The van der Waals surface area contributed by atoms with Crippen molar-refractivity contribution in [3.05, 3.63) is 29.8 Å². The molecule has 0 atom stereocenters. The van der Waals surface area contributed by atoms with Gasteiger partial charge in [0, 0.05) is 13.1 Å². The summed E-state index contributed by atoms with van der Waals surface area (Å²) in [6, 6.07) is 7.95. The van der Waals surface area contributed by atoms with Crippen molar-refractivity contribution < 1.29 is 4.74 Å². The smallest absolute Gasteiger partial charge is 0.166 e. The Morgan fingerprint density at radius 1 is 1.32 bits per heavy atom. The van der Waals surface area contributed by atoms with Crippen molar-refractivity contribution in [1.82, 2.24) is 15.5 Å². The summed E-state index contributed by atoms with van der Waals surface area (Å²) in [5.74, 6) is 0.865. The Bertz CT molecular complexity index is 396. The minimum absolute atomic E-state index is 0.696. The van der Waals surface area contributed by atoms with Crippen LogP contribution in [0.3, 0.4) is 0 Å². The molecule has 0 saturated heterocycles. The zero-order chi connectivity index (χ0) is 14.1. The van der Waals surface area contributed by atoms with Crippen LogP contribution in [-0.2, 0) is 6.54 Å². The molecule has 5 heteroatoms. The first-order chi connectivity index (χ1) is 9.11. The fourth-order valence-electron chi connectivity index (χ4n) is 1.62. The Morgan fingerprint density at radius 3 is 2.79 bits per heavy atom. The molecule has 0 unspecified atom stereocenters. The van der Waals surface area contributed by atoms with Gasteiger partial charge in [-0.05, 0) is 57.0 Å². The number of nitrogens with one attached hydrogen (secondary N) is 2. The highest BCUT2D eigenvalue weighted by Crippen LogP contribution is 2.11. The third kappa shape index (κ3) is 6.98. The molecule has 106 valence electrons. The average Bonchev–Trinajstić information content (AvgIpc) is 2.41. The molecular weight excluding hydrogens is 258 g/mol. The van der Waals surface area contributed by atoms with E-state index in [9.17, 15) is 0 Å². The minimum atomic E-state index is 0.696. The number of methoxy groups -OCH3 is 1. The number of rotatable bonds is 7. The van der Waals surface area contributed by atoms with Crippen LogP contribution in [0.15, 0.2) is 24.3 Å². The molecule has 0 saturated carbocycles. The lowest BCUT2D eigenvalue weighted by atomic mass is 10.2. The third-order valence-electron chi connectivity index (χ3n) is 2.65. The summed E-state index contributed by atoms with van der Waals surface area (Å²) in [5.41, 5.74) is 1.15. The molecule has 0 bridgehead atoms. The van der Waals surface area contributed by atoms with E-state index in [-0.39, 0.29) is 0 Å². The van der Waals surface area contributed by atoms with Gasteiger partial charge < -0.3 is 20.3 Å². The van der Waals surface area contributed by atoms with Crippen LogP contribution in [0, 0.1) is 0 Å². The molecule has 0 aliphatic heterocycles. The molecule has 0 heterocycles. The molecule has 2 N–H and O–H groups in total. The predicted octanol–water partition coefficient (Wildman–Crippen LogP) is 1.61. The molecule has 1 aromatic carbocycles. The van der Waals surface area contributed by atoms with E-state index in [2.05, 4.69) is 29.6 Å². The Kier molecular flexibility index (Phi) is 7.22. The second kappa shape index (κ2) is 8.72. The number of hydrogen-bond donors (Lipinski definition) is 2. The number of thiocarbonyl (C=S) groups is 1. The van der Waals surface area contributed by atoms with Gasteiger partial charge in [-0.15, -0.1) is 0 Å². The van der Waals surface area contributed by atoms with Crippen molar-refractivity contribution in [2.24, 2.45) is 0 Å². The van der Waals surface area contributed by atoms with Crippen molar-refractivity contribution >= 4 is 17.3 Å². The molecule has 4 nitrogen and oxygen atoms in total. The fourth-order valence-corrected chi connectivity index (χ4v) is 1.80. The van der Waals surface area contributed by atoms with E-state index in [1.165, 1.54) is 0 Å². The highest BCUT2D eigenvalue weighted by molar-refractivity contribution is 7.80. The van der Waals surface area contributed by atoms with Gasteiger partial charge in [-0.25, -0.2) is 0 Å². The lowest BCUT2D eigenvalue weighted by Crippen LogP contribution is -2.36. The van der Waals surface area contributed by atoms with Gasteiger partial charge in [0.1, 0.15) is 5.75 Å². The van der Waals surface area contributed by atoms with E-state index in [0.29, 0.717) is 11.7 Å². The van der Waals surface area contributed by atoms with Crippen LogP contribution in [0.4, 0.5) is 0 Å². The van der Waals surface area contributed by atoms with E-state index in [1.807, 2.05) is 24.3 Å². The summed E-state index contributed by atoms with van der Waals surface area (Å²) in [6.07, 6.45) is 1.08. The number of hydrogen-bond acceptors (Lipinski definition) is 3. The largest absolute Gasteiger partial charge is 0.497 e. The SMILES string of the molecule is COc1cccc(CNC(=S)NCCCN(C)C)c1. The first-order valence-electron chi connectivity index (χ1n) is 6.41. The molecule has 1 rings (SSSR count). The second-order valence-corrected chi connectivity index (χ2v) is 5.03. The third-order valence-corrected chi connectivity index (χ3v) is 2.94. The molecule has 19 heavy (non-hydrogen) atoms. The zero-order valence-corrected chi connectivity index (χ0v) is 12.7. The Balaban J connectivity index is 2.22. The summed E-state index contributed by atoms with van der Waals surface area (Å²) in [4.78, 5) is 2.16. The summed E-state index contributed by atoms with van der Waals surface area (Å²) in [6.45, 7) is 2.66. The van der Waals surface area contributed by atoms with Crippen LogP contribution >= 0.6 is 12.2 Å². The fraction of sp³-hybridized carbons (Fsp3) is 0.500. The lowest BCUT2D eigenvalue weighted by molar-refractivity contribution is 0.400. The van der Waals surface area contributed by atoms with E-state index < -0.39 is 0 Å². The summed E-state index contributed by atoms with van der Waals surface area (Å²) < 4.78 is 5.18. The summed E-state index contributed by atoms with van der Waals surface area (Å²) >= 11 is 5.23. The molecule has 0 aromatic heterocycles. The Hall–Kier alpha value is -1.33. The normalized spacial score (nSPS) is 10.3. The van der Waals surface area contributed by atoms with Gasteiger partial charge >= 0.3 is 0 Å².